The Morgan fingerprint density at radius 2 is 0.785 bits per heavy atom. The van der Waals surface area contributed by atoms with Crippen molar-refractivity contribution in [2.45, 2.75) is 67.9 Å². The average molecular weight is 2040 g/mol. The second-order valence-corrected chi connectivity index (χ2v) is 40.9. The molecule has 135 heavy (non-hydrogen) atoms. The van der Waals surface area contributed by atoms with Crippen LogP contribution in [0.3, 0.4) is 0 Å². The van der Waals surface area contributed by atoms with Gasteiger partial charge in [0, 0.05) is 162 Å². The van der Waals surface area contributed by atoms with E-state index in [2.05, 4.69) is 90.4 Å². The van der Waals surface area contributed by atoms with Gasteiger partial charge in [-0.2, -0.15) is 0 Å². The summed E-state index contributed by atoms with van der Waals surface area (Å²) in [4.78, 5) is 113. The zero-order valence-electron chi connectivity index (χ0n) is 74.0. The molecular weight excluding hydrogens is 1940 g/mol. The van der Waals surface area contributed by atoms with Crippen molar-refractivity contribution < 1.29 is 62.4 Å². The van der Waals surface area contributed by atoms with E-state index < -0.39 is 12.1 Å². The van der Waals surface area contributed by atoms with Gasteiger partial charge in [0.25, 0.3) is 29.5 Å². The molecule has 20 rings (SSSR count). The number of carbonyl (C=O) groups excluding carboxylic acids is 7. The third kappa shape index (κ3) is 22.6. The Balaban J connectivity index is 0.000000123. The number of likely N-dealkylation sites (N-methyl/N-ethyl adjacent to an activating group) is 2. The third-order valence-electron chi connectivity index (χ3n) is 25.0. The number of benzene rings is 5. The van der Waals surface area contributed by atoms with Crippen LogP contribution in [0.5, 0.6) is 0 Å². The van der Waals surface area contributed by atoms with Gasteiger partial charge in [0.1, 0.15) is 12.1 Å². The van der Waals surface area contributed by atoms with Crippen LogP contribution in [0, 0.1) is 13.1 Å². The minimum atomic E-state index is -0.739. The summed E-state index contributed by atoms with van der Waals surface area (Å²) in [6.07, 6.45) is 1.93. The van der Waals surface area contributed by atoms with Gasteiger partial charge in [-0.3, -0.25) is 33.6 Å². The topological polar surface area (TPSA) is 286 Å². The maximum atomic E-state index is 12.9. The Morgan fingerprint density at radius 1 is 0.430 bits per heavy atom. The molecule has 7 amide bonds. The molecule has 5 saturated heterocycles. The summed E-state index contributed by atoms with van der Waals surface area (Å²) in [6, 6.07) is 41.0. The number of anilines is 5. The number of nitrogens with one attached hydrogen (secondary N) is 6. The second-order valence-electron chi connectivity index (χ2n) is 33.3. The number of ether oxygens (including phenoxy) is 5. The number of nitrogens with zero attached hydrogens (tertiary/aromatic N) is 8. The number of thiophene rings is 5. The van der Waals surface area contributed by atoms with E-state index in [4.69, 9.17) is 112 Å². The number of aliphatic hydroxyl groups excluding tert-OH is 1. The molecule has 0 bridgehead atoms. The molecule has 15 heterocycles. The molecule has 7 atom stereocenters. The van der Waals surface area contributed by atoms with Crippen LogP contribution in [0.4, 0.5) is 36.4 Å². The van der Waals surface area contributed by atoms with Crippen LogP contribution in [-0.2, 0) is 33.3 Å². The van der Waals surface area contributed by atoms with Crippen molar-refractivity contribution in [3.63, 3.8) is 0 Å². The van der Waals surface area contributed by atoms with Gasteiger partial charge in [-0.15, -0.1) is 56.7 Å². The zero-order chi connectivity index (χ0) is 94.5. The molecule has 0 aliphatic carbocycles. The van der Waals surface area contributed by atoms with Crippen LogP contribution in [0.15, 0.2) is 133 Å². The maximum absolute atomic E-state index is 12.9. The number of rotatable bonds is 16. The van der Waals surface area contributed by atoms with Crippen LogP contribution in [0.2, 0.25) is 30.1 Å². The van der Waals surface area contributed by atoms with Crippen LogP contribution >= 0.6 is 126 Å². The lowest BCUT2D eigenvalue weighted by Gasteiger charge is -2.32. The molecule has 0 spiro atoms. The molecule has 0 saturated carbocycles. The fourth-order valence-electron chi connectivity index (χ4n) is 18.2. The number of fused-ring (bicyclic) bond motifs is 5. The van der Waals surface area contributed by atoms with Crippen molar-refractivity contribution in [1.29, 1.82) is 0 Å². The first-order valence-electron chi connectivity index (χ1n) is 44.8. The Morgan fingerprint density at radius 3 is 1.17 bits per heavy atom. The summed E-state index contributed by atoms with van der Waals surface area (Å²) in [5.41, 5.74) is 10.9. The fourth-order valence-corrected chi connectivity index (χ4v) is 25.1. The van der Waals surface area contributed by atoms with Crippen molar-refractivity contribution in [1.82, 2.24) is 36.8 Å². The van der Waals surface area contributed by atoms with Gasteiger partial charge in [-0.1, -0.05) is 124 Å². The Labute approximate surface area is 833 Å². The van der Waals surface area contributed by atoms with Gasteiger partial charge in [0.2, 0.25) is 23.2 Å². The second kappa shape index (κ2) is 45.8. The van der Waals surface area contributed by atoms with E-state index in [0.29, 0.717) is 154 Å². The van der Waals surface area contributed by atoms with Gasteiger partial charge >= 0.3 is 0 Å². The van der Waals surface area contributed by atoms with E-state index in [1.807, 2.05) is 110 Å². The molecule has 708 valence electrons. The minimum absolute atomic E-state index is 0.00446. The van der Waals surface area contributed by atoms with Gasteiger partial charge in [0.15, 0.2) is 0 Å². The molecule has 5 fully saturated rings. The highest BCUT2D eigenvalue weighted by Gasteiger charge is 2.45. The number of amides is 7. The molecule has 10 aliphatic rings. The predicted molar refractivity (Wildman–Crippen MR) is 538 cm³/mol. The number of hydrogen-bond acceptors (Lipinski definition) is 23. The van der Waals surface area contributed by atoms with Gasteiger partial charge in [0.05, 0.1) is 139 Å². The quantitative estimate of drug-likeness (QED) is 0.0349. The molecule has 10 aliphatic heterocycles. The van der Waals surface area contributed by atoms with Gasteiger partial charge < -0.3 is 90.1 Å². The molecule has 5 aromatic heterocycles. The summed E-state index contributed by atoms with van der Waals surface area (Å²) in [6.45, 7) is 34.8. The number of morpholine rings is 5. The smallest absolute Gasteiger partial charge is 0.264 e. The molecule has 3 unspecified atom stereocenters. The normalized spacial score (nSPS) is 20.8. The van der Waals surface area contributed by atoms with Crippen molar-refractivity contribution in [3.8, 4) is 0 Å². The Kier molecular flexibility index (Phi) is 33.4. The summed E-state index contributed by atoms with van der Waals surface area (Å²) in [5, 5.41) is 35.0. The molecule has 38 heteroatoms. The predicted octanol–water partition coefficient (Wildman–Crippen LogP) is 16.8. The van der Waals surface area contributed by atoms with Crippen LogP contribution < -0.4 is 56.4 Å². The Bertz CT molecular complexity index is 6020. The maximum Gasteiger partial charge on any atom is 0.264 e. The first kappa shape index (κ1) is 98.4. The summed E-state index contributed by atoms with van der Waals surface area (Å²) >= 11 is 43.9. The Hall–Kier alpha value is -9.63. The summed E-state index contributed by atoms with van der Waals surface area (Å²) in [5.74, 6) is -1.39. The number of hydrogen-bond donors (Lipinski definition) is 7. The first-order chi connectivity index (χ1) is 65.6. The molecule has 0 radical (unpaired) electrons. The third-order valence-corrected chi connectivity index (χ3v) is 32.9. The molecule has 5 aromatic carbocycles. The number of halogens is 6. The standard InChI is InChI=1S/C21H24ClN3O4S.C20H22ClN3O3S.C19H17Cl2N3O2S.C19H18ClN3O2S.C18H19ClN2O2S/c22-14-4-2-13(3-5-14)17-15-12-16(25-7-10-29-11-8-25)30-19(15)21(28)24-18(17)20(27)23-6-1-9-26;1-2-22-19(25)17-16(12-3-5-13(21)6-4-12)14-11-15(24-7-9-27-10-8-24)28-18(14)20(26)23-17;1-22-16-15-12(11-2-3-13(20)14(21)10-11)4-5-23-18(25)17(15)27-19(16)24-6-8-26-9-7-24;1-21-16-15-14(12-2-4-13(20)5-3-12)6-7-22-18(24)17(15)26-19(16)23-8-10-25-11-9-23;1-20-11-15(12-2-4-13(19)5-3-12)14-10-16(24-17(14)18(20)22)21-6-8-23-9-7-21/h2-5,12,17-18,26H,1,6-11H2,(H,23,27)(H,24,28);3-6,11,16-17H,2,7-10H2,1H3,(H,22,25)(H,23,26);2-3,10,12H,4-9H2,(H,23,25);2-5,14H,6-11H2,(H,22,24);2-5,10,15H,6-9,11H2,1H3/t17-,18-;16-,17-;;;/m11.../s1. The molecule has 10 aromatic rings. The molecular formula is C97H100Cl6N14O13S5. The minimum Gasteiger partial charge on any atom is -0.396 e. The number of carbonyl (C=O) groups is 7. The lowest BCUT2D eigenvalue weighted by Crippen LogP contribution is -2.53. The monoisotopic (exact) mass is 2040 g/mol. The zero-order valence-corrected chi connectivity index (χ0v) is 82.6. The lowest BCUT2D eigenvalue weighted by atomic mass is 9.82. The van der Waals surface area contributed by atoms with E-state index in [1.54, 1.807) is 29.5 Å². The average Bonchev–Trinajstić information content (AvgIpc) is 1.67. The van der Waals surface area contributed by atoms with E-state index in [0.717, 1.165) is 165 Å². The molecule has 27 nitrogen and oxygen atoms in total. The highest BCUT2D eigenvalue weighted by atomic mass is 35.5. The summed E-state index contributed by atoms with van der Waals surface area (Å²) in [7, 11) is 1.88. The van der Waals surface area contributed by atoms with Crippen LogP contribution in [-0.4, -0.2) is 241 Å². The SMILES string of the molecule is CCNC(=O)[C@@H]1NC(=O)c2sc(N3CCOCC3)cc2[C@H]1c1ccc(Cl)cc1.CN1CC(c2ccc(Cl)cc2)c2cc(N3CCOCC3)sc2C1=O.O=C1N[C@@H](C(=O)NCCCO)[C@H](c2ccc(Cl)cc2)c2cc(N3CCOCC3)sc21.[C-]#[N+]c1c(N2CCOCC2)sc2c1C(c1ccc(Cl)c(Cl)c1)CCNC2=O.[C-]#[N+]c1c(N2CCOCC2)sc2c1C(c1ccc(Cl)cc1)CCNC2=O. The van der Waals surface area contributed by atoms with Crippen molar-refractivity contribution in [3.05, 3.63) is 266 Å². The first-order valence-corrected chi connectivity index (χ1v) is 51.1. The van der Waals surface area contributed by atoms with Crippen molar-refractivity contribution in [2.24, 2.45) is 0 Å². The lowest BCUT2D eigenvalue weighted by molar-refractivity contribution is -0.124. The highest BCUT2D eigenvalue weighted by molar-refractivity contribution is 7.20. The van der Waals surface area contributed by atoms with E-state index >= 15 is 0 Å². The largest absolute Gasteiger partial charge is 0.396 e. The fraction of sp³-hybridized carbons (Fsp3) is 0.392. The van der Waals surface area contributed by atoms with Crippen molar-refractivity contribution >= 4 is 204 Å². The van der Waals surface area contributed by atoms with Gasteiger partial charge in [-0.25, -0.2) is 9.69 Å². The van der Waals surface area contributed by atoms with Crippen LogP contribution in [0.1, 0.15) is 160 Å². The van der Waals surface area contributed by atoms with E-state index in [1.165, 1.54) is 55.9 Å². The number of aliphatic hydroxyl groups is 1. The van der Waals surface area contributed by atoms with E-state index in [9.17, 15) is 33.6 Å². The molecule has 7 N–H and O–H groups in total. The summed E-state index contributed by atoms with van der Waals surface area (Å²) < 4.78 is 27.2. The van der Waals surface area contributed by atoms with Crippen molar-refractivity contribution in [2.75, 3.05) is 202 Å². The highest BCUT2D eigenvalue weighted by Crippen LogP contribution is 2.54. The van der Waals surface area contributed by atoms with Crippen LogP contribution in [0.25, 0.3) is 9.69 Å². The van der Waals surface area contributed by atoms with Gasteiger partial charge in [-0.05, 0) is 161 Å². The van der Waals surface area contributed by atoms with E-state index in [-0.39, 0.29) is 77.5 Å².